The molecule has 0 aliphatic carbocycles. The fraction of sp³-hybridized carbons (Fsp3) is 0.136. The van der Waals surface area contributed by atoms with Gasteiger partial charge in [-0.2, -0.15) is 0 Å². The van der Waals surface area contributed by atoms with Crippen LogP contribution < -0.4 is 19.7 Å². The molecule has 0 aromatic heterocycles. The molecular weight excluding hydrogens is 402 g/mol. The summed E-state index contributed by atoms with van der Waals surface area (Å²) in [6, 6.07) is 21.6. The number of carbonyl (C=O) groups is 1. The van der Waals surface area contributed by atoms with Crippen LogP contribution in [0.15, 0.2) is 83.8 Å². The van der Waals surface area contributed by atoms with E-state index < -0.39 is 16.1 Å². The van der Waals surface area contributed by atoms with Gasteiger partial charge in [0.15, 0.2) is 0 Å². The highest BCUT2D eigenvalue weighted by Gasteiger charge is 2.25. The summed E-state index contributed by atoms with van der Waals surface area (Å²) in [6.45, 7) is 2.02. The fourth-order valence-corrected chi connectivity index (χ4v) is 4.46. The Morgan fingerprint density at radius 1 is 0.933 bits per heavy atom. The van der Waals surface area contributed by atoms with Crippen LogP contribution in [0.25, 0.3) is 0 Å². The Morgan fingerprint density at radius 3 is 2.17 bits per heavy atom. The van der Waals surface area contributed by atoms with Gasteiger partial charge in [-0.05, 0) is 49.4 Å². The molecule has 0 aliphatic rings. The molecule has 0 heterocycles. The summed E-state index contributed by atoms with van der Waals surface area (Å²) >= 11 is 0. The van der Waals surface area contributed by atoms with E-state index in [1.54, 1.807) is 55.5 Å². The maximum absolute atomic E-state index is 13.2. The largest absolute Gasteiger partial charge is 0.495 e. The van der Waals surface area contributed by atoms with Gasteiger partial charge in [0, 0.05) is 12.2 Å². The van der Waals surface area contributed by atoms with E-state index in [0.29, 0.717) is 17.1 Å². The van der Waals surface area contributed by atoms with Crippen LogP contribution in [0.4, 0.5) is 21.9 Å². The highest BCUT2D eigenvalue weighted by atomic mass is 32.2. The summed E-state index contributed by atoms with van der Waals surface area (Å²) < 4.78 is 33.1. The minimum atomic E-state index is -3.84. The van der Waals surface area contributed by atoms with E-state index >= 15 is 0 Å². The van der Waals surface area contributed by atoms with Crippen molar-refractivity contribution in [1.29, 1.82) is 0 Å². The number of sulfonamides is 1. The quantitative estimate of drug-likeness (QED) is 0.581. The normalized spacial score (nSPS) is 10.9. The maximum atomic E-state index is 13.2. The minimum absolute atomic E-state index is 0.0454. The lowest BCUT2D eigenvalue weighted by atomic mass is 10.3. The van der Waals surface area contributed by atoms with Gasteiger partial charge < -0.3 is 15.4 Å². The zero-order valence-corrected chi connectivity index (χ0v) is 17.5. The molecule has 3 rings (SSSR count). The molecule has 7 nitrogen and oxygen atoms in total. The summed E-state index contributed by atoms with van der Waals surface area (Å²) in [5.41, 5.74) is 1.42. The van der Waals surface area contributed by atoms with E-state index in [9.17, 15) is 13.2 Å². The van der Waals surface area contributed by atoms with E-state index in [1.165, 1.54) is 29.6 Å². The van der Waals surface area contributed by atoms with E-state index in [0.717, 1.165) is 0 Å². The number of hydrogen-bond donors (Lipinski definition) is 2. The molecule has 0 bridgehead atoms. The Labute approximate surface area is 176 Å². The number of benzene rings is 3. The number of ether oxygens (including phenoxy) is 1. The topological polar surface area (TPSA) is 87.7 Å². The average molecular weight is 426 g/mol. The van der Waals surface area contributed by atoms with Crippen LogP contribution in [-0.2, 0) is 10.0 Å². The maximum Gasteiger partial charge on any atom is 0.323 e. The number of para-hydroxylation sites is 2. The van der Waals surface area contributed by atoms with Gasteiger partial charge in [-0.25, -0.2) is 13.2 Å². The number of hydrogen-bond acceptors (Lipinski definition) is 4. The average Bonchev–Trinajstić information content (AvgIpc) is 2.75. The zero-order valence-electron chi connectivity index (χ0n) is 16.7. The Morgan fingerprint density at radius 2 is 1.57 bits per heavy atom. The third-order valence-corrected chi connectivity index (χ3v) is 6.27. The lowest BCUT2D eigenvalue weighted by Crippen LogP contribution is -2.30. The highest BCUT2D eigenvalue weighted by molar-refractivity contribution is 7.92. The first-order chi connectivity index (χ1) is 14.5. The van der Waals surface area contributed by atoms with Crippen molar-refractivity contribution in [2.24, 2.45) is 0 Å². The molecule has 0 saturated carbocycles. The molecule has 30 heavy (non-hydrogen) atoms. The second kappa shape index (κ2) is 9.32. The summed E-state index contributed by atoms with van der Waals surface area (Å²) in [7, 11) is -2.39. The SMILES string of the molecule is CCN(c1ccccc1)S(=O)(=O)c1ccc(OC)c(NC(=O)Nc2ccccc2)c1. The van der Waals surface area contributed by atoms with E-state index in [-0.39, 0.29) is 17.1 Å². The van der Waals surface area contributed by atoms with Crippen molar-refractivity contribution in [2.45, 2.75) is 11.8 Å². The predicted molar refractivity (Wildman–Crippen MR) is 119 cm³/mol. The van der Waals surface area contributed by atoms with Gasteiger partial charge in [-0.15, -0.1) is 0 Å². The number of nitrogens with zero attached hydrogens (tertiary/aromatic N) is 1. The van der Waals surface area contributed by atoms with Crippen molar-refractivity contribution in [2.75, 3.05) is 28.6 Å². The molecule has 0 spiro atoms. The van der Waals surface area contributed by atoms with Crippen LogP contribution in [-0.4, -0.2) is 28.1 Å². The van der Waals surface area contributed by atoms with E-state index in [4.69, 9.17) is 4.74 Å². The summed E-state index contributed by atoms with van der Waals surface area (Å²) in [6.07, 6.45) is 0. The first kappa shape index (κ1) is 21.2. The number of rotatable bonds is 7. The van der Waals surface area contributed by atoms with Gasteiger partial charge in [0.1, 0.15) is 5.75 Å². The Hall–Kier alpha value is -3.52. The molecule has 2 N–H and O–H groups in total. The Balaban J connectivity index is 1.90. The van der Waals surface area contributed by atoms with Crippen molar-refractivity contribution in [1.82, 2.24) is 0 Å². The summed E-state index contributed by atoms with van der Waals surface area (Å²) in [5.74, 6) is 0.347. The number of nitrogens with one attached hydrogen (secondary N) is 2. The lowest BCUT2D eigenvalue weighted by Gasteiger charge is -2.23. The fourth-order valence-electron chi connectivity index (χ4n) is 2.96. The molecule has 0 unspecified atom stereocenters. The van der Waals surface area contributed by atoms with E-state index in [2.05, 4.69) is 10.6 Å². The molecule has 8 heteroatoms. The number of methoxy groups -OCH3 is 1. The smallest absolute Gasteiger partial charge is 0.323 e. The van der Waals surface area contributed by atoms with Crippen LogP contribution in [0.3, 0.4) is 0 Å². The number of anilines is 3. The van der Waals surface area contributed by atoms with Gasteiger partial charge in [0.25, 0.3) is 10.0 Å². The third kappa shape index (κ3) is 4.72. The molecule has 3 aromatic rings. The van der Waals surface area contributed by atoms with Crippen LogP contribution in [0.5, 0.6) is 5.75 Å². The molecule has 3 aromatic carbocycles. The Bertz CT molecular complexity index is 1100. The van der Waals surface area contributed by atoms with Gasteiger partial charge in [0.2, 0.25) is 0 Å². The molecule has 0 atom stereocenters. The Kier molecular flexibility index (Phi) is 6.58. The monoisotopic (exact) mass is 425 g/mol. The van der Waals surface area contributed by atoms with Crippen LogP contribution in [0, 0.1) is 0 Å². The number of amides is 2. The number of urea groups is 1. The standard InChI is InChI=1S/C22H23N3O4S/c1-3-25(18-12-8-5-9-13-18)30(27,28)19-14-15-21(29-2)20(16-19)24-22(26)23-17-10-6-4-7-11-17/h4-16H,3H2,1-2H3,(H2,23,24,26). The summed E-state index contributed by atoms with van der Waals surface area (Å²) in [4.78, 5) is 12.4. The molecule has 0 radical (unpaired) electrons. The minimum Gasteiger partial charge on any atom is -0.495 e. The zero-order chi connectivity index (χ0) is 21.6. The van der Waals surface area contributed by atoms with Gasteiger partial charge in [-0.3, -0.25) is 4.31 Å². The predicted octanol–water partition coefficient (Wildman–Crippen LogP) is 4.55. The first-order valence-electron chi connectivity index (χ1n) is 9.34. The molecule has 2 amide bonds. The molecule has 0 fully saturated rings. The van der Waals surface area contributed by atoms with Crippen molar-refractivity contribution < 1.29 is 17.9 Å². The van der Waals surface area contributed by atoms with Crippen molar-refractivity contribution in [3.63, 3.8) is 0 Å². The van der Waals surface area contributed by atoms with Crippen LogP contribution in [0.2, 0.25) is 0 Å². The lowest BCUT2D eigenvalue weighted by molar-refractivity contribution is 0.262. The van der Waals surface area contributed by atoms with Crippen molar-refractivity contribution >= 4 is 33.1 Å². The molecule has 0 aliphatic heterocycles. The van der Waals surface area contributed by atoms with Gasteiger partial charge >= 0.3 is 6.03 Å². The van der Waals surface area contributed by atoms with Crippen LogP contribution >= 0.6 is 0 Å². The second-order valence-corrected chi connectivity index (χ2v) is 8.17. The van der Waals surface area contributed by atoms with E-state index in [1.807, 2.05) is 12.1 Å². The van der Waals surface area contributed by atoms with Gasteiger partial charge in [0.05, 0.1) is 23.4 Å². The van der Waals surface area contributed by atoms with Crippen molar-refractivity contribution in [3.8, 4) is 5.75 Å². The van der Waals surface area contributed by atoms with Gasteiger partial charge in [-0.1, -0.05) is 36.4 Å². The molecule has 156 valence electrons. The highest BCUT2D eigenvalue weighted by Crippen LogP contribution is 2.30. The molecular formula is C22H23N3O4S. The number of carbonyl (C=O) groups excluding carboxylic acids is 1. The summed E-state index contributed by atoms with van der Waals surface area (Å²) in [5, 5.41) is 5.36. The second-order valence-electron chi connectivity index (χ2n) is 6.31. The molecule has 0 saturated heterocycles. The third-order valence-electron chi connectivity index (χ3n) is 4.37. The first-order valence-corrected chi connectivity index (χ1v) is 10.8. The van der Waals surface area contributed by atoms with Crippen LogP contribution in [0.1, 0.15) is 6.92 Å². The van der Waals surface area contributed by atoms with Crippen molar-refractivity contribution in [3.05, 3.63) is 78.9 Å².